The minimum atomic E-state index is -3.76. The monoisotopic (exact) mass is 425 g/mol. The van der Waals surface area contributed by atoms with Crippen LogP contribution in [0.2, 0.25) is 0 Å². The Morgan fingerprint density at radius 1 is 1.29 bits per heavy atom. The Morgan fingerprint density at radius 3 is 2.64 bits per heavy atom. The molecule has 1 N–H and O–H groups in total. The number of esters is 1. The molecule has 2 aromatic heterocycles. The van der Waals surface area contributed by atoms with E-state index in [0.29, 0.717) is 32.0 Å². The van der Waals surface area contributed by atoms with Crippen molar-refractivity contribution in [2.75, 3.05) is 50.1 Å². The molecule has 28 heavy (non-hydrogen) atoms. The largest absolute Gasteiger partial charge is 0.465 e. The van der Waals surface area contributed by atoms with Crippen molar-refractivity contribution < 1.29 is 17.9 Å². The van der Waals surface area contributed by atoms with E-state index < -0.39 is 16.0 Å². The lowest BCUT2D eigenvalue weighted by Gasteiger charge is -2.34. The third-order valence-electron chi connectivity index (χ3n) is 4.36. The average molecular weight is 426 g/mol. The number of thiophene rings is 1. The minimum Gasteiger partial charge on any atom is -0.465 e. The smallest absolute Gasteiger partial charge is 0.349 e. The number of anilines is 2. The van der Waals surface area contributed by atoms with E-state index in [9.17, 15) is 13.2 Å². The molecule has 9 nitrogen and oxygen atoms in total. The molecule has 3 heterocycles. The summed E-state index contributed by atoms with van der Waals surface area (Å²) in [6, 6.07) is 3.32. The zero-order valence-electron chi connectivity index (χ0n) is 16.0. The predicted molar refractivity (Wildman–Crippen MR) is 108 cm³/mol. The molecule has 0 bridgehead atoms. The molecule has 0 amide bonds. The van der Waals surface area contributed by atoms with E-state index in [-0.39, 0.29) is 9.77 Å². The molecule has 152 valence electrons. The third kappa shape index (κ3) is 4.10. The lowest BCUT2D eigenvalue weighted by atomic mass is 10.3. The van der Waals surface area contributed by atoms with Crippen LogP contribution in [0.5, 0.6) is 0 Å². The summed E-state index contributed by atoms with van der Waals surface area (Å²) in [7, 11) is -2.53. The van der Waals surface area contributed by atoms with E-state index in [1.165, 1.54) is 17.5 Å². The van der Waals surface area contributed by atoms with Gasteiger partial charge in [-0.3, -0.25) is 0 Å². The SMILES string of the molecule is CCNc1cc(N2CCN(S(=O)(=O)c3ccsc3C(=O)OC)CC2)nc(C)n1. The first-order chi connectivity index (χ1) is 13.4. The second-order valence-electron chi connectivity index (χ2n) is 6.19. The summed E-state index contributed by atoms with van der Waals surface area (Å²) in [6.07, 6.45) is 0. The van der Waals surface area contributed by atoms with Crippen LogP contribution < -0.4 is 10.2 Å². The minimum absolute atomic E-state index is 0.00473. The van der Waals surface area contributed by atoms with Crippen molar-refractivity contribution in [3.05, 3.63) is 28.2 Å². The number of sulfonamides is 1. The maximum atomic E-state index is 13.0. The van der Waals surface area contributed by atoms with E-state index in [0.717, 1.165) is 29.5 Å². The second kappa shape index (κ2) is 8.41. The molecule has 0 radical (unpaired) electrons. The van der Waals surface area contributed by atoms with E-state index in [4.69, 9.17) is 4.74 Å². The maximum absolute atomic E-state index is 13.0. The number of rotatable bonds is 6. The van der Waals surface area contributed by atoms with Gasteiger partial charge in [-0.25, -0.2) is 23.2 Å². The number of aryl methyl sites for hydroxylation is 1. The Labute approximate surface area is 168 Å². The fourth-order valence-electron chi connectivity index (χ4n) is 3.02. The normalized spacial score (nSPS) is 15.5. The number of methoxy groups -OCH3 is 1. The summed E-state index contributed by atoms with van der Waals surface area (Å²) < 4.78 is 32.1. The van der Waals surface area contributed by atoms with Gasteiger partial charge in [0.2, 0.25) is 10.0 Å². The average Bonchev–Trinajstić information content (AvgIpc) is 3.18. The summed E-state index contributed by atoms with van der Waals surface area (Å²) in [4.78, 5) is 22.8. The molecular formula is C17H23N5O4S2. The number of nitrogens with zero attached hydrogens (tertiary/aromatic N) is 4. The highest BCUT2D eigenvalue weighted by molar-refractivity contribution is 7.89. The van der Waals surface area contributed by atoms with Crippen molar-refractivity contribution >= 4 is 39.0 Å². The molecule has 0 aromatic carbocycles. The molecule has 0 aliphatic carbocycles. The van der Waals surface area contributed by atoms with Crippen LogP contribution in [-0.2, 0) is 14.8 Å². The van der Waals surface area contributed by atoms with Gasteiger partial charge < -0.3 is 15.0 Å². The van der Waals surface area contributed by atoms with Gasteiger partial charge in [0.15, 0.2) is 0 Å². The van der Waals surface area contributed by atoms with Crippen molar-refractivity contribution in [1.82, 2.24) is 14.3 Å². The lowest BCUT2D eigenvalue weighted by molar-refractivity contribution is 0.0602. The molecule has 0 spiro atoms. The van der Waals surface area contributed by atoms with Crippen molar-refractivity contribution in [2.24, 2.45) is 0 Å². The van der Waals surface area contributed by atoms with Gasteiger partial charge in [0.25, 0.3) is 0 Å². The standard InChI is InChI=1S/C17H23N5O4S2/c1-4-18-14-11-15(20-12(2)19-14)21-6-8-22(9-7-21)28(24,25)13-5-10-27-16(13)17(23)26-3/h5,10-11H,4,6-9H2,1-3H3,(H,18,19,20). The van der Waals surface area contributed by atoms with Gasteiger partial charge in [0.1, 0.15) is 27.2 Å². The molecule has 1 aliphatic heterocycles. The fraction of sp³-hybridized carbons (Fsp3) is 0.471. The Hall–Kier alpha value is -2.24. The third-order valence-corrected chi connectivity index (χ3v) is 7.33. The maximum Gasteiger partial charge on any atom is 0.349 e. The number of aromatic nitrogens is 2. The summed E-state index contributed by atoms with van der Waals surface area (Å²) >= 11 is 1.06. The fourth-order valence-corrected chi connectivity index (χ4v) is 5.75. The highest BCUT2D eigenvalue weighted by Gasteiger charge is 2.33. The lowest BCUT2D eigenvalue weighted by Crippen LogP contribution is -2.49. The molecule has 0 saturated carbocycles. The molecule has 1 aliphatic rings. The number of ether oxygens (including phenoxy) is 1. The molecule has 1 saturated heterocycles. The summed E-state index contributed by atoms with van der Waals surface area (Å²) in [5.41, 5.74) is 0. The Balaban J connectivity index is 1.75. The van der Waals surface area contributed by atoms with Gasteiger partial charge in [0, 0.05) is 38.8 Å². The quantitative estimate of drug-likeness (QED) is 0.696. The summed E-state index contributed by atoms with van der Waals surface area (Å²) in [5.74, 6) is 1.54. The molecule has 11 heteroatoms. The van der Waals surface area contributed by atoms with Crippen molar-refractivity contribution in [1.29, 1.82) is 0 Å². The number of nitrogens with one attached hydrogen (secondary N) is 1. The Bertz CT molecular complexity index is 952. The first kappa shape index (κ1) is 20.5. The molecule has 0 atom stereocenters. The molecule has 2 aromatic rings. The number of carbonyl (C=O) groups excluding carboxylic acids is 1. The van der Waals surface area contributed by atoms with E-state index in [1.807, 2.05) is 24.8 Å². The molecule has 0 unspecified atom stereocenters. The van der Waals surface area contributed by atoms with Crippen LogP contribution in [0.3, 0.4) is 0 Å². The van der Waals surface area contributed by atoms with E-state index in [1.54, 1.807) is 5.38 Å². The van der Waals surface area contributed by atoms with Gasteiger partial charge in [-0.15, -0.1) is 11.3 Å². The molecule has 1 fully saturated rings. The van der Waals surface area contributed by atoms with Crippen LogP contribution >= 0.6 is 11.3 Å². The predicted octanol–water partition coefficient (Wildman–Crippen LogP) is 1.58. The first-order valence-corrected chi connectivity index (χ1v) is 11.2. The van der Waals surface area contributed by atoms with E-state index in [2.05, 4.69) is 15.3 Å². The van der Waals surface area contributed by atoms with Crippen molar-refractivity contribution in [3.8, 4) is 0 Å². The zero-order chi connectivity index (χ0) is 20.3. The second-order valence-corrected chi connectivity index (χ2v) is 9.01. The van der Waals surface area contributed by atoms with Crippen molar-refractivity contribution in [3.63, 3.8) is 0 Å². The number of hydrogen-bond donors (Lipinski definition) is 1. The number of piperazine rings is 1. The van der Waals surface area contributed by atoms with Gasteiger partial charge >= 0.3 is 5.97 Å². The highest BCUT2D eigenvalue weighted by Crippen LogP contribution is 2.27. The highest BCUT2D eigenvalue weighted by atomic mass is 32.2. The Kier molecular flexibility index (Phi) is 6.16. The van der Waals surface area contributed by atoms with E-state index >= 15 is 0 Å². The van der Waals surface area contributed by atoms with Gasteiger partial charge in [-0.2, -0.15) is 4.31 Å². The number of hydrogen-bond acceptors (Lipinski definition) is 9. The first-order valence-electron chi connectivity index (χ1n) is 8.87. The van der Waals surface area contributed by atoms with Crippen molar-refractivity contribution in [2.45, 2.75) is 18.7 Å². The summed E-state index contributed by atoms with van der Waals surface area (Å²) in [5, 5.41) is 4.76. The topological polar surface area (TPSA) is 105 Å². The van der Waals surface area contributed by atoms with Crippen LogP contribution in [0.15, 0.2) is 22.4 Å². The van der Waals surface area contributed by atoms with Crippen LogP contribution in [0, 0.1) is 6.92 Å². The van der Waals surface area contributed by atoms with Crippen LogP contribution in [0.25, 0.3) is 0 Å². The van der Waals surface area contributed by atoms with Gasteiger partial charge in [0.05, 0.1) is 7.11 Å². The Morgan fingerprint density at radius 2 is 2.00 bits per heavy atom. The van der Waals surface area contributed by atoms with Crippen LogP contribution in [-0.4, -0.2) is 68.5 Å². The molecule has 3 rings (SSSR count). The summed E-state index contributed by atoms with van der Waals surface area (Å²) in [6.45, 7) is 6.18. The van der Waals surface area contributed by atoms with Crippen LogP contribution in [0.1, 0.15) is 22.4 Å². The van der Waals surface area contributed by atoms with Crippen LogP contribution in [0.4, 0.5) is 11.6 Å². The van der Waals surface area contributed by atoms with Gasteiger partial charge in [-0.05, 0) is 25.3 Å². The van der Waals surface area contributed by atoms with Gasteiger partial charge in [-0.1, -0.05) is 0 Å². The zero-order valence-corrected chi connectivity index (χ0v) is 17.6. The molecular weight excluding hydrogens is 402 g/mol. The number of carbonyl (C=O) groups is 1.